The number of carbonyl (C=O) groups is 3. The first-order valence-corrected chi connectivity index (χ1v) is 33.3. The summed E-state index contributed by atoms with van der Waals surface area (Å²) in [5, 5.41) is 48.9. The van der Waals surface area contributed by atoms with E-state index in [4.69, 9.17) is 10.8 Å². The van der Waals surface area contributed by atoms with Crippen molar-refractivity contribution >= 4 is 17.9 Å². The molecule has 0 heterocycles. The van der Waals surface area contributed by atoms with Gasteiger partial charge in [-0.3, -0.25) is 0 Å². The molecule has 0 aliphatic rings. The maximum absolute atomic E-state index is 10.2. The van der Waals surface area contributed by atoms with Gasteiger partial charge < -0.3 is 45.6 Å². The molecular weight excluding hydrogens is 947 g/mol. The number of aliphatic hydroxyl groups excluding tert-OH is 2. The molecule has 0 aromatic heterocycles. The van der Waals surface area contributed by atoms with Crippen molar-refractivity contribution in [3.63, 3.8) is 0 Å². The minimum Gasteiger partial charge on any atom is -0.550 e. The monoisotopic (exact) mass is 1080 g/mol. The molecule has 0 radical (unpaired) electrons. The van der Waals surface area contributed by atoms with Crippen LogP contribution in [0.3, 0.4) is 0 Å². The van der Waals surface area contributed by atoms with Gasteiger partial charge in [-0.25, -0.2) is 0 Å². The molecule has 0 amide bonds. The van der Waals surface area contributed by atoms with Gasteiger partial charge in [0.1, 0.15) is 0 Å². The van der Waals surface area contributed by atoms with Crippen molar-refractivity contribution in [3.05, 3.63) is 12.2 Å². The van der Waals surface area contributed by atoms with Crippen LogP contribution in [0.2, 0.25) is 0 Å². The van der Waals surface area contributed by atoms with Crippen LogP contribution in [0.25, 0.3) is 0 Å². The molecule has 0 bridgehead atoms. The zero-order chi connectivity index (χ0) is 56.9. The zero-order valence-corrected chi connectivity index (χ0v) is 51.3. The number of aliphatic carboxylic acids is 3. The number of hydrogen-bond donors (Lipinski definition) is 3. The van der Waals surface area contributed by atoms with Gasteiger partial charge in [-0.1, -0.05) is 342 Å². The van der Waals surface area contributed by atoms with Crippen molar-refractivity contribution in [2.24, 2.45) is 5.73 Å². The molecule has 0 aliphatic carbocycles. The summed E-state index contributed by atoms with van der Waals surface area (Å²) in [7, 11) is 0. The summed E-state index contributed by atoms with van der Waals surface area (Å²) in [6, 6.07) is -0.557. The molecule has 0 spiro atoms. The van der Waals surface area contributed by atoms with E-state index in [1.807, 2.05) is 6.08 Å². The molecule has 9 heteroatoms. The smallest absolute Gasteiger partial charge is 0.0894 e. The lowest BCUT2D eigenvalue weighted by Crippen LogP contribution is -2.36. The lowest BCUT2D eigenvalue weighted by molar-refractivity contribution is -0.307. The lowest BCUT2D eigenvalue weighted by Gasteiger charge is -2.11. The molecule has 9 nitrogen and oxygen atoms in total. The van der Waals surface area contributed by atoms with Crippen LogP contribution >= 0.6 is 0 Å². The molecule has 76 heavy (non-hydrogen) atoms. The second-order valence-corrected chi connectivity index (χ2v) is 22.5. The molecule has 456 valence electrons. The Labute approximate surface area is 473 Å². The van der Waals surface area contributed by atoms with Crippen LogP contribution in [-0.4, -0.2) is 46.9 Å². The topological polar surface area (TPSA) is 187 Å². The third-order valence-electron chi connectivity index (χ3n) is 14.7. The number of aliphatic hydroxyl groups is 2. The third-order valence-corrected chi connectivity index (χ3v) is 14.7. The van der Waals surface area contributed by atoms with Gasteiger partial charge in [0.15, 0.2) is 0 Å². The predicted molar refractivity (Wildman–Crippen MR) is 322 cm³/mol. The summed E-state index contributed by atoms with van der Waals surface area (Å²) in [5.41, 5.74) is 5.52. The average molecular weight is 1080 g/mol. The van der Waals surface area contributed by atoms with E-state index >= 15 is 0 Å². The SMILES string of the molecule is CCCCCCCCCCCCCC(=O)[O-].CCCCCCCCCCCCCC/C=C/C(O)C(N)CO.CCCCCCCCCCCCCCCC(=O)[O-].CCCCCCCCCCCCCCCCCC(=O)[O-]. The minimum atomic E-state index is -0.907. The van der Waals surface area contributed by atoms with Crippen molar-refractivity contribution in [2.45, 2.75) is 393 Å². The van der Waals surface area contributed by atoms with E-state index in [9.17, 15) is 34.8 Å². The Morgan fingerprint density at radius 3 is 0.671 bits per heavy atom. The van der Waals surface area contributed by atoms with Gasteiger partial charge in [-0.2, -0.15) is 0 Å². The molecule has 0 saturated heterocycles. The predicted octanol–water partition coefficient (Wildman–Crippen LogP) is 17.0. The first-order chi connectivity index (χ1) is 37.0. The number of allylic oxidation sites excluding steroid dienone is 1. The number of hydrogen-bond acceptors (Lipinski definition) is 9. The third kappa shape index (κ3) is 85.9. The van der Waals surface area contributed by atoms with Gasteiger partial charge >= 0.3 is 0 Å². The molecule has 4 N–H and O–H groups in total. The van der Waals surface area contributed by atoms with E-state index in [0.29, 0.717) is 0 Å². The van der Waals surface area contributed by atoms with E-state index < -0.39 is 30.1 Å². The molecule has 0 rings (SSSR count). The number of carbonyl (C=O) groups excluding carboxylic acids is 3. The summed E-state index contributed by atoms with van der Waals surface area (Å²) in [6.07, 6.45) is 71.1. The number of rotatable bonds is 58. The van der Waals surface area contributed by atoms with Crippen molar-refractivity contribution < 1.29 is 39.9 Å². The number of carboxylic acid groups (broad SMARTS) is 3. The fraction of sp³-hybridized carbons (Fsp3) is 0.925. The molecule has 0 aromatic rings. The standard InChI is InChI=1S/C19H39NO2.C18H36O2.C16H32O2.C14H28O2/c1-2-3-4-5-6-7-8-9-10-11-12-13-14-15-16-19(22)18(20)17-21;1-2-3-4-5-6-7-8-9-10-11-12-13-14-15-16-17-18(19)20;1-2-3-4-5-6-7-8-9-10-11-12-13-14-15-16(17)18;1-2-3-4-5-6-7-8-9-10-11-12-13-14(15)16/h15-16,18-19,21-22H,2-14,17,20H2,1H3;2-17H2,1H3,(H,19,20);2-15H2,1H3,(H,17,18);2-13H2,1H3,(H,15,16)/p-3/b16-15+;;;. The highest BCUT2D eigenvalue weighted by atomic mass is 16.4. The van der Waals surface area contributed by atoms with Crippen LogP contribution < -0.4 is 21.1 Å². The van der Waals surface area contributed by atoms with Crippen LogP contribution in [0, 0.1) is 0 Å². The van der Waals surface area contributed by atoms with Crippen molar-refractivity contribution in [2.75, 3.05) is 6.61 Å². The number of carboxylic acids is 3. The fourth-order valence-corrected chi connectivity index (χ4v) is 9.45. The summed E-state index contributed by atoms with van der Waals surface area (Å²) < 4.78 is 0. The van der Waals surface area contributed by atoms with Gasteiger partial charge in [0.2, 0.25) is 0 Å². The number of unbranched alkanes of at least 4 members (excludes halogenated alkanes) is 48. The largest absolute Gasteiger partial charge is 0.550 e. The maximum atomic E-state index is 10.2. The molecule has 2 unspecified atom stereocenters. The van der Waals surface area contributed by atoms with E-state index in [1.165, 1.54) is 289 Å². The Morgan fingerprint density at radius 1 is 0.329 bits per heavy atom. The molecule has 0 aromatic carbocycles. The average Bonchev–Trinajstić information content (AvgIpc) is 3.40. The van der Waals surface area contributed by atoms with E-state index in [0.717, 1.165) is 44.9 Å². The van der Waals surface area contributed by atoms with Crippen molar-refractivity contribution in [1.82, 2.24) is 0 Å². The highest BCUT2D eigenvalue weighted by Crippen LogP contribution is 2.17. The van der Waals surface area contributed by atoms with Crippen molar-refractivity contribution in [1.29, 1.82) is 0 Å². The lowest BCUT2D eigenvalue weighted by atomic mass is 10.0. The quantitative estimate of drug-likeness (QED) is 0.0393. The highest BCUT2D eigenvalue weighted by Gasteiger charge is 2.08. The summed E-state index contributed by atoms with van der Waals surface area (Å²) in [5.74, 6) is -2.71. The van der Waals surface area contributed by atoms with Crippen LogP contribution in [0.4, 0.5) is 0 Å². The van der Waals surface area contributed by atoms with Gasteiger partial charge in [0.05, 0.1) is 18.8 Å². The summed E-state index contributed by atoms with van der Waals surface area (Å²) in [6.45, 7) is 8.86. The van der Waals surface area contributed by atoms with Crippen LogP contribution in [-0.2, 0) is 14.4 Å². The van der Waals surface area contributed by atoms with E-state index in [2.05, 4.69) is 27.7 Å². The first-order valence-electron chi connectivity index (χ1n) is 33.3. The van der Waals surface area contributed by atoms with Crippen LogP contribution in [0.5, 0.6) is 0 Å². The fourth-order valence-electron chi connectivity index (χ4n) is 9.45. The van der Waals surface area contributed by atoms with Crippen LogP contribution in [0.15, 0.2) is 12.2 Å². The Morgan fingerprint density at radius 2 is 0.500 bits per heavy atom. The van der Waals surface area contributed by atoms with Gasteiger partial charge in [0, 0.05) is 17.9 Å². The second kappa shape index (κ2) is 75.1. The first kappa shape index (κ1) is 80.5. The molecule has 0 fully saturated rings. The zero-order valence-electron chi connectivity index (χ0n) is 51.3. The normalized spacial score (nSPS) is 11.8. The second-order valence-electron chi connectivity index (χ2n) is 22.5. The van der Waals surface area contributed by atoms with Crippen molar-refractivity contribution in [3.8, 4) is 0 Å². The van der Waals surface area contributed by atoms with Crippen LogP contribution in [0.1, 0.15) is 381 Å². The molecular formula is C67H132NO8-3. The Kier molecular flexibility index (Phi) is 79.6. The van der Waals surface area contributed by atoms with Gasteiger partial charge in [-0.15, -0.1) is 0 Å². The minimum absolute atomic E-state index is 0.176. The summed E-state index contributed by atoms with van der Waals surface area (Å²) >= 11 is 0. The maximum Gasteiger partial charge on any atom is 0.0894 e. The van der Waals surface area contributed by atoms with Gasteiger partial charge in [0.25, 0.3) is 0 Å². The van der Waals surface area contributed by atoms with E-state index in [-0.39, 0.29) is 25.9 Å². The molecule has 0 saturated carbocycles. The van der Waals surface area contributed by atoms with Gasteiger partial charge in [-0.05, 0) is 51.4 Å². The van der Waals surface area contributed by atoms with E-state index in [1.54, 1.807) is 6.08 Å². The molecule has 2 atom stereocenters. The Hall–Kier alpha value is -1.97. The summed E-state index contributed by atoms with van der Waals surface area (Å²) in [4.78, 5) is 30.6. The Balaban J connectivity index is -0.000000458. The highest BCUT2D eigenvalue weighted by molar-refractivity contribution is 5.64. The molecule has 0 aliphatic heterocycles. The Bertz CT molecular complexity index is 1120. The number of nitrogens with two attached hydrogens (primary N) is 1.